The Kier molecular flexibility index (Phi) is 7.64. The Morgan fingerprint density at radius 3 is 2.14 bits per heavy atom. The van der Waals surface area contributed by atoms with Gasteiger partial charge in [-0.15, -0.1) is 0 Å². The number of sulfone groups is 1. The fourth-order valence-electron chi connectivity index (χ4n) is 5.38. The molecule has 12 heteroatoms. The molecule has 1 heterocycles. The van der Waals surface area contributed by atoms with Crippen LogP contribution in [0, 0.1) is 0 Å². The highest BCUT2D eigenvalue weighted by Gasteiger charge is 2.43. The van der Waals surface area contributed by atoms with Crippen LogP contribution < -0.4 is 4.90 Å². The van der Waals surface area contributed by atoms with Gasteiger partial charge in [-0.25, -0.2) is 8.42 Å². The van der Waals surface area contributed by atoms with Crippen LogP contribution in [0.25, 0.3) is 0 Å². The summed E-state index contributed by atoms with van der Waals surface area (Å²) in [6, 6.07) is 3.14. The summed E-state index contributed by atoms with van der Waals surface area (Å²) in [5.74, 6) is 0. The van der Waals surface area contributed by atoms with Gasteiger partial charge >= 0.3 is 12.4 Å². The van der Waals surface area contributed by atoms with Gasteiger partial charge in [-0.1, -0.05) is 12.8 Å². The highest BCUT2D eigenvalue weighted by atomic mass is 32.2. The van der Waals surface area contributed by atoms with Gasteiger partial charge in [0.05, 0.1) is 34.5 Å². The molecule has 1 unspecified atom stereocenters. The lowest BCUT2D eigenvalue weighted by Crippen LogP contribution is -2.49. The van der Waals surface area contributed by atoms with E-state index < -0.39 is 44.4 Å². The highest BCUT2D eigenvalue weighted by molar-refractivity contribution is 7.92. The number of nitrogens with zero attached hydrogens (tertiary/aromatic N) is 2. The Balaban J connectivity index is 1.49. The van der Waals surface area contributed by atoms with Crippen LogP contribution in [0.5, 0.6) is 0 Å². The average Bonchev–Trinajstić information content (AvgIpc) is 3.45. The fourth-order valence-corrected chi connectivity index (χ4v) is 7.40. The maximum Gasteiger partial charge on any atom is 0.417 e. The van der Waals surface area contributed by atoms with Crippen LogP contribution in [0.3, 0.4) is 0 Å². The molecule has 2 aliphatic carbocycles. The molecule has 4 rings (SSSR count). The van der Waals surface area contributed by atoms with Gasteiger partial charge in [0.2, 0.25) is 0 Å². The first kappa shape index (κ1) is 26.5. The summed E-state index contributed by atoms with van der Waals surface area (Å²) in [6.07, 6.45) is -4.48. The van der Waals surface area contributed by atoms with Crippen LogP contribution in [-0.4, -0.2) is 69.7 Å². The van der Waals surface area contributed by atoms with Crippen LogP contribution in [0.1, 0.15) is 50.5 Å². The molecule has 3 fully saturated rings. The van der Waals surface area contributed by atoms with Crippen molar-refractivity contribution in [3.05, 3.63) is 23.8 Å². The second kappa shape index (κ2) is 10.1. The lowest BCUT2D eigenvalue weighted by Gasteiger charge is -2.36. The van der Waals surface area contributed by atoms with Crippen molar-refractivity contribution >= 4 is 15.5 Å². The molecule has 198 valence electrons. The summed E-state index contributed by atoms with van der Waals surface area (Å²) in [5.41, 5.74) is -1.08. The first-order valence-electron chi connectivity index (χ1n) is 12.0. The third kappa shape index (κ3) is 6.43. The number of halogens is 6. The topological polar surface area (TPSA) is 49.9 Å². The molecule has 2 atom stereocenters. The second-order valence-corrected chi connectivity index (χ2v) is 11.9. The molecule has 0 aromatic heterocycles. The standard InChI is InChI=1S/C23H30F6N2O3S/c24-22(25,26)15-30-9-11-31(12-10-30)16-5-8-21(20(13-16)23(27,28)29)35(32,33)19-7-6-18(14-19)34-17-3-1-2-4-17/h5,8,13,17-19H,1-4,6-7,9-12,14-15H2/t18-,19?/m0/s1. The molecule has 1 aromatic rings. The molecule has 0 radical (unpaired) electrons. The van der Waals surface area contributed by atoms with Crippen molar-refractivity contribution < 1.29 is 39.5 Å². The molecule has 35 heavy (non-hydrogen) atoms. The van der Waals surface area contributed by atoms with E-state index >= 15 is 0 Å². The van der Waals surface area contributed by atoms with Gasteiger partial charge in [-0.2, -0.15) is 26.3 Å². The molecule has 0 amide bonds. The third-order valence-electron chi connectivity index (χ3n) is 7.18. The predicted octanol–water partition coefficient (Wildman–Crippen LogP) is 5.04. The summed E-state index contributed by atoms with van der Waals surface area (Å²) >= 11 is 0. The number of benzene rings is 1. The Morgan fingerprint density at radius 1 is 0.886 bits per heavy atom. The quantitative estimate of drug-likeness (QED) is 0.484. The van der Waals surface area contributed by atoms with E-state index in [1.54, 1.807) is 4.90 Å². The van der Waals surface area contributed by atoms with Gasteiger partial charge in [0.15, 0.2) is 9.84 Å². The van der Waals surface area contributed by atoms with E-state index in [4.69, 9.17) is 4.74 Å². The van der Waals surface area contributed by atoms with Gasteiger partial charge in [-0.05, 0) is 50.3 Å². The highest BCUT2D eigenvalue weighted by Crippen LogP contribution is 2.41. The van der Waals surface area contributed by atoms with Crippen molar-refractivity contribution in [3.63, 3.8) is 0 Å². The van der Waals surface area contributed by atoms with E-state index in [1.165, 1.54) is 11.0 Å². The number of rotatable bonds is 6. The molecule has 2 saturated carbocycles. The Bertz CT molecular complexity index is 984. The molecule has 0 spiro atoms. The van der Waals surface area contributed by atoms with Crippen LogP contribution >= 0.6 is 0 Å². The van der Waals surface area contributed by atoms with E-state index in [1.807, 2.05) is 0 Å². The molecule has 0 N–H and O–H groups in total. The molecule has 1 saturated heterocycles. The predicted molar refractivity (Wildman–Crippen MR) is 118 cm³/mol. The van der Waals surface area contributed by atoms with E-state index in [-0.39, 0.29) is 56.9 Å². The van der Waals surface area contributed by atoms with Crippen LogP contribution in [0.4, 0.5) is 32.0 Å². The zero-order valence-corrected chi connectivity index (χ0v) is 20.1. The number of piperazine rings is 1. The van der Waals surface area contributed by atoms with E-state index in [0.29, 0.717) is 6.42 Å². The number of hydrogen-bond donors (Lipinski definition) is 0. The SMILES string of the molecule is O=S(=O)(c1ccc(N2CCN(CC(F)(F)F)CC2)cc1C(F)(F)F)C1CC[C@H](OC2CCCC2)C1. The molecular weight excluding hydrogens is 498 g/mol. The smallest absolute Gasteiger partial charge is 0.375 e. The average molecular weight is 529 g/mol. The minimum absolute atomic E-state index is 0.0470. The van der Waals surface area contributed by atoms with Crippen LogP contribution in [0.2, 0.25) is 0 Å². The van der Waals surface area contributed by atoms with Crippen molar-refractivity contribution in [2.75, 3.05) is 37.6 Å². The van der Waals surface area contributed by atoms with Gasteiger partial charge < -0.3 is 9.64 Å². The van der Waals surface area contributed by atoms with E-state index in [2.05, 4.69) is 0 Å². The summed E-state index contributed by atoms with van der Waals surface area (Å²) < 4.78 is 112. The van der Waals surface area contributed by atoms with Crippen molar-refractivity contribution in [1.82, 2.24) is 4.90 Å². The largest absolute Gasteiger partial charge is 0.417 e. The Labute approximate surface area is 201 Å². The van der Waals surface area contributed by atoms with E-state index in [9.17, 15) is 34.8 Å². The first-order chi connectivity index (χ1) is 16.3. The lowest BCUT2D eigenvalue weighted by molar-refractivity contribution is -0.146. The van der Waals surface area contributed by atoms with Gasteiger partial charge in [0.1, 0.15) is 0 Å². The zero-order valence-electron chi connectivity index (χ0n) is 19.2. The van der Waals surface area contributed by atoms with E-state index in [0.717, 1.165) is 37.8 Å². The van der Waals surface area contributed by atoms with Crippen molar-refractivity contribution in [2.24, 2.45) is 0 Å². The maximum atomic E-state index is 14.0. The van der Waals surface area contributed by atoms with Crippen molar-refractivity contribution in [2.45, 2.75) is 79.7 Å². The molecule has 0 bridgehead atoms. The summed E-state index contributed by atoms with van der Waals surface area (Å²) in [4.78, 5) is 2.01. The van der Waals surface area contributed by atoms with Gasteiger partial charge in [-0.3, -0.25) is 4.90 Å². The van der Waals surface area contributed by atoms with Crippen LogP contribution in [-0.2, 0) is 20.8 Å². The molecule has 5 nitrogen and oxygen atoms in total. The number of hydrogen-bond acceptors (Lipinski definition) is 5. The minimum Gasteiger partial charge on any atom is -0.375 e. The zero-order chi connectivity index (χ0) is 25.4. The third-order valence-corrected chi connectivity index (χ3v) is 9.45. The van der Waals surface area contributed by atoms with Crippen molar-refractivity contribution in [1.29, 1.82) is 0 Å². The fraction of sp³-hybridized carbons (Fsp3) is 0.739. The maximum absolute atomic E-state index is 14.0. The molecule has 3 aliphatic rings. The normalized spacial score (nSPS) is 25.5. The molecule has 1 aliphatic heterocycles. The number of ether oxygens (including phenoxy) is 1. The Hall–Kier alpha value is -1.53. The summed E-state index contributed by atoms with van der Waals surface area (Å²) in [7, 11) is -4.25. The van der Waals surface area contributed by atoms with Crippen LogP contribution in [0.15, 0.2) is 23.1 Å². The monoisotopic (exact) mass is 528 g/mol. The lowest BCUT2D eigenvalue weighted by atomic mass is 10.1. The van der Waals surface area contributed by atoms with Gasteiger partial charge in [0, 0.05) is 31.9 Å². The number of alkyl halides is 6. The second-order valence-electron chi connectivity index (χ2n) is 9.70. The summed E-state index contributed by atoms with van der Waals surface area (Å²) in [5, 5.41) is -0.938. The molecular formula is C23H30F6N2O3S. The molecule has 1 aromatic carbocycles. The van der Waals surface area contributed by atoms with Gasteiger partial charge in [0.25, 0.3) is 0 Å². The minimum atomic E-state index is -4.89. The van der Waals surface area contributed by atoms with Crippen molar-refractivity contribution in [3.8, 4) is 0 Å². The number of anilines is 1. The first-order valence-corrected chi connectivity index (χ1v) is 13.5. The summed E-state index contributed by atoms with van der Waals surface area (Å²) in [6.45, 7) is -0.750. The Morgan fingerprint density at radius 2 is 1.54 bits per heavy atom.